The highest BCUT2D eigenvalue weighted by Crippen LogP contribution is 2.07. The molecule has 1 rings (SSSR count). The Hall–Kier alpha value is -1.84. The van der Waals surface area contributed by atoms with Crippen LogP contribution in [0.25, 0.3) is 0 Å². The average molecular weight is 250 g/mol. The van der Waals surface area contributed by atoms with E-state index in [0.29, 0.717) is 18.1 Å². The Morgan fingerprint density at radius 2 is 2.17 bits per heavy atom. The Bertz CT molecular complexity index is 497. The van der Waals surface area contributed by atoms with E-state index in [2.05, 4.69) is 6.92 Å². The maximum Gasteiger partial charge on any atom is 0.196 e. The minimum Gasteiger partial charge on any atom is -0.501 e. The van der Waals surface area contributed by atoms with Crippen LogP contribution in [0.2, 0.25) is 0 Å². The smallest absolute Gasteiger partial charge is 0.196 e. The van der Waals surface area contributed by atoms with E-state index >= 15 is 0 Å². The van der Waals surface area contributed by atoms with Crippen LogP contribution in [-0.2, 0) is 4.74 Å². The third kappa shape index (κ3) is 3.87. The van der Waals surface area contributed by atoms with Crippen LogP contribution in [0.1, 0.15) is 41.6 Å². The lowest BCUT2D eigenvalue weighted by Crippen LogP contribution is -2.15. The summed E-state index contributed by atoms with van der Waals surface area (Å²) in [5.41, 5.74) is -0.254. The zero-order valence-electron chi connectivity index (χ0n) is 11.0. The van der Waals surface area contributed by atoms with E-state index in [1.165, 1.54) is 18.4 Å². The molecule has 0 bridgehead atoms. The van der Waals surface area contributed by atoms with Gasteiger partial charge in [0.1, 0.15) is 17.1 Å². The molecule has 0 atom stereocenters. The maximum atomic E-state index is 11.8. The summed E-state index contributed by atoms with van der Waals surface area (Å²) in [6, 6.07) is 1.31. The molecule has 0 N–H and O–H groups in total. The van der Waals surface area contributed by atoms with Gasteiger partial charge in [-0.15, -0.1) is 0 Å². The lowest BCUT2D eigenvalue weighted by Gasteiger charge is -2.01. The van der Waals surface area contributed by atoms with Crippen molar-refractivity contribution in [1.29, 1.82) is 0 Å². The van der Waals surface area contributed by atoms with Crippen molar-refractivity contribution in [3.8, 4) is 0 Å². The lowest BCUT2D eigenvalue weighted by molar-refractivity contribution is 0.103. The van der Waals surface area contributed by atoms with E-state index in [9.17, 15) is 9.59 Å². The Morgan fingerprint density at radius 1 is 1.44 bits per heavy atom. The molecule has 98 valence electrons. The molecule has 18 heavy (non-hydrogen) atoms. The van der Waals surface area contributed by atoms with Gasteiger partial charge in [-0.2, -0.15) is 0 Å². The van der Waals surface area contributed by atoms with Gasteiger partial charge in [-0.1, -0.05) is 13.3 Å². The topological polar surface area (TPSA) is 56.5 Å². The van der Waals surface area contributed by atoms with E-state index in [1.54, 1.807) is 13.8 Å². The number of carbonyl (C=O) groups is 1. The van der Waals surface area contributed by atoms with Crippen LogP contribution in [0.3, 0.4) is 0 Å². The second-order valence-electron chi connectivity index (χ2n) is 4.04. The molecule has 1 aromatic rings. The molecule has 0 aliphatic heterocycles. The van der Waals surface area contributed by atoms with Gasteiger partial charge in [-0.25, -0.2) is 0 Å². The molecule has 0 radical (unpaired) electrons. The molecule has 4 nitrogen and oxygen atoms in total. The molecular formula is C14H18O4. The summed E-state index contributed by atoms with van der Waals surface area (Å²) < 4.78 is 10.4. The Morgan fingerprint density at radius 3 is 2.78 bits per heavy atom. The number of carbonyl (C=O) groups excluding carboxylic acids is 1. The van der Waals surface area contributed by atoms with Crippen molar-refractivity contribution in [1.82, 2.24) is 0 Å². The van der Waals surface area contributed by atoms with E-state index in [-0.39, 0.29) is 11.0 Å². The van der Waals surface area contributed by atoms with Gasteiger partial charge in [0.05, 0.1) is 12.9 Å². The van der Waals surface area contributed by atoms with Crippen LogP contribution in [0.15, 0.2) is 27.6 Å². The first kappa shape index (κ1) is 14.2. The molecule has 4 heteroatoms. The van der Waals surface area contributed by atoms with Gasteiger partial charge < -0.3 is 9.15 Å². The van der Waals surface area contributed by atoms with Gasteiger partial charge >= 0.3 is 0 Å². The molecule has 0 aliphatic rings. The zero-order chi connectivity index (χ0) is 13.5. The van der Waals surface area contributed by atoms with Gasteiger partial charge in [-0.3, -0.25) is 9.59 Å². The molecule has 0 aliphatic carbocycles. The number of ketones is 1. The SMILES string of the molecule is CCCCO/C=C/C(=O)c1c(C)oc(C)cc1=O. The number of hydrogen-bond acceptors (Lipinski definition) is 4. The summed E-state index contributed by atoms with van der Waals surface area (Å²) in [6.07, 6.45) is 4.55. The molecule has 0 fully saturated rings. The third-order valence-corrected chi connectivity index (χ3v) is 2.42. The summed E-state index contributed by atoms with van der Waals surface area (Å²) in [6.45, 7) is 5.90. The maximum absolute atomic E-state index is 11.8. The second kappa shape index (κ2) is 6.79. The van der Waals surface area contributed by atoms with Crippen LogP contribution in [0.4, 0.5) is 0 Å². The van der Waals surface area contributed by atoms with Crippen LogP contribution in [0.5, 0.6) is 0 Å². The quantitative estimate of drug-likeness (QED) is 0.337. The molecule has 1 heterocycles. The predicted octanol–water partition coefficient (Wildman–Crippen LogP) is 2.77. The predicted molar refractivity (Wildman–Crippen MR) is 68.8 cm³/mol. The Labute approximate surface area is 106 Å². The summed E-state index contributed by atoms with van der Waals surface area (Å²) >= 11 is 0. The summed E-state index contributed by atoms with van der Waals surface area (Å²) in [5, 5.41) is 0. The fourth-order valence-corrected chi connectivity index (χ4v) is 1.54. The van der Waals surface area contributed by atoms with Gasteiger partial charge in [0.25, 0.3) is 0 Å². The van der Waals surface area contributed by atoms with Crippen LogP contribution < -0.4 is 5.43 Å². The van der Waals surface area contributed by atoms with Gasteiger partial charge in [0.2, 0.25) is 0 Å². The normalized spacial score (nSPS) is 10.8. The fraction of sp³-hybridized carbons (Fsp3) is 0.429. The number of ether oxygens (including phenoxy) is 1. The third-order valence-electron chi connectivity index (χ3n) is 2.42. The number of allylic oxidation sites excluding steroid dienone is 1. The minimum absolute atomic E-state index is 0.0657. The van der Waals surface area contributed by atoms with Crippen molar-refractivity contribution < 1.29 is 13.9 Å². The largest absolute Gasteiger partial charge is 0.501 e. The summed E-state index contributed by atoms with van der Waals surface area (Å²) in [4.78, 5) is 23.5. The lowest BCUT2D eigenvalue weighted by atomic mass is 10.1. The number of aryl methyl sites for hydroxylation is 2. The van der Waals surface area contributed by atoms with Crippen molar-refractivity contribution in [3.05, 3.63) is 45.7 Å². The van der Waals surface area contributed by atoms with Crippen LogP contribution in [-0.4, -0.2) is 12.4 Å². The fourth-order valence-electron chi connectivity index (χ4n) is 1.54. The van der Waals surface area contributed by atoms with Gasteiger partial charge in [0.15, 0.2) is 11.2 Å². The van der Waals surface area contributed by atoms with Gasteiger partial charge in [-0.05, 0) is 20.3 Å². The monoisotopic (exact) mass is 250 g/mol. The van der Waals surface area contributed by atoms with Crippen molar-refractivity contribution >= 4 is 5.78 Å². The number of rotatable bonds is 6. The Kier molecular flexibility index (Phi) is 5.36. The van der Waals surface area contributed by atoms with E-state index in [0.717, 1.165) is 12.8 Å². The van der Waals surface area contributed by atoms with Crippen molar-refractivity contribution in [2.75, 3.05) is 6.61 Å². The molecule has 0 saturated carbocycles. The van der Waals surface area contributed by atoms with Crippen molar-refractivity contribution in [2.24, 2.45) is 0 Å². The van der Waals surface area contributed by atoms with Crippen molar-refractivity contribution in [2.45, 2.75) is 33.6 Å². The highest BCUT2D eigenvalue weighted by molar-refractivity contribution is 6.04. The van der Waals surface area contributed by atoms with E-state index in [4.69, 9.17) is 9.15 Å². The average Bonchev–Trinajstić information content (AvgIpc) is 2.27. The first-order valence-corrected chi connectivity index (χ1v) is 6.00. The first-order valence-electron chi connectivity index (χ1n) is 6.00. The van der Waals surface area contributed by atoms with E-state index < -0.39 is 5.78 Å². The highest BCUT2D eigenvalue weighted by Gasteiger charge is 2.13. The second-order valence-corrected chi connectivity index (χ2v) is 4.04. The van der Waals surface area contributed by atoms with Crippen LogP contribution in [0, 0.1) is 13.8 Å². The summed E-state index contributed by atoms with van der Waals surface area (Å²) in [5.74, 6) is 0.443. The summed E-state index contributed by atoms with van der Waals surface area (Å²) in [7, 11) is 0. The molecule has 0 unspecified atom stereocenters. The molecule has 0 saturated heterocycles. The van der Waals surface area contributed by atoms with E-state index in [1.807, 2.05) is 0 Å². The van der Waals surface area contributed by atoms with Crippen molar-refractivity contribution in [3.63, 3.8) is 0 Å². The first-order chi connectivity index (χ1) is 8.56. The number of unbranched alkanes of at least 4 members (excludes halogenated alkanes) is 1. The minimum atomic E-state index is -0.391. The van der Waals surface area contributed by atoms with Crippen LogP contribution >= 0.6 is 0 Å². The standard InChI is InChI=1S/C14H18O4/c1-4-5-7-17-8-6-12(15)14-11(3)18-10(2)9-13(14)16/h6,8-9H,4-5,7H2,1-3H3/b8-6+. The van der Waals surface area contributed by atoms with Gasteiger partial charge in [0, 0.05) is 12.1 Å². The zero-order valence-corrected chi connectivity index (χ0v) is 11.0. The highest BCUT2D eigenvalue weighted by atomic mass is 16.5. The molecule has 0 amide bonds. The molecule has 0 spiro atoms. The molecule has 0 aromatic carbocycles. The Balaban J connectivity index is 2.76. The number of hydrogen-bond donors (Lipinski definition) is 0. The molecular weight excluding hydrogens is 232 g/mol. The molecule has 1 aromatic heterocycles.